The molecule has 1 aromatic heterocycles. The molecule has 1 aromatic rings. The van der Waals surface area contributed by atoms with E-state index in [2.05, 4.69) is 5.32 Å². The molecule has 4 rings (SSSR count). The minimum atomic E-state index is -3.52. The van der Waals surface area contributed by atoms with Gasteiger partial charge in [0.15, 0.2) is 0 Å². The van der Waals surface area contributed by atoms with Crippen LogP contribution in [0.25, 0.3) is 0 Å². The molecule has 0 aromatic carbocycles. The molecule has 0 radical (unpaired) electrons. The van der Waals surface area contributed by atoms with Crippen LogP contribution in [-0.2, 0) is 19.6 Å². The minimum Gasteiger partial charge on any atom is -0.352 e. The number of carbonyl (C=O) groups excluding carboxylic acids is 2. The van der Waals surface area contributed by atoms with E-state index >= 15 is 0 Å². The third kappa shape index (κ3) is 4.10. The van der Waals surface area contributed by atoms with Gasteiger partial charge in [0, 0.05) is 19.1 Å². The number of thiophene rings is 1. The first-order valence-electron chi connectivity index (χ1n) is 9.81. The number of fused-ring (bicyclic) bond motifs is 1. The van der Waals surface area contributed by atoms with Crippen LogP contribution in [0.5, 0.6) is 0 Å². The first kappa shape index (κ1) is 20.2. The van der Waals surface area contributed by atoms with E-state index in [9.17, 15) is 18.0 Å². The van der Waals surface area contributed by atoms with Crippen molar-refractivity contribution in [3.05, 3.63) is 6.07 Å². The molecule has 2 aliphatic heterocycles. The van der Waals surface area contributed by atoms with Gasteiger partial charge in [-0.05, 0) is 31.7 Å². The van der Waals surface area contributed by atoms with Crippen molar-refractivity contribution in [3.8, 4) is 0 Å². The highest BCUT2D eigenvalue weighted by atomic mass is 32.3. The standard InChI is InChI=1S/C18H25N3O4S3/c22-15(19-13-6-2-1-3-7-13)11-21-14-10-17(27-18(14)26-12-16(21)23)28(24,25)20-8-4-5-9-20/h10,13H,1-9,11-12H2,(H,19,22). The molecule has 1 aliphatic carbocycles. The van der Waals surface area contributed by atoms with Crippen molar-refractivity contribution in [3.63, 3.8) is 0 Å². The van der Waals surface area contributed by atoms with Gasteiger partial charge in [-0.1, -0.05) is 19.3 Å². The zero-order valence-corrected chi connectivity index (χ0v) is 18.1. The largest absolute Gasteiger partial charge is 0.352 e. The molecule has 28 heavy (non-hydrogen) atoms. The molecule has 10 heteroatoms. The summed E-state index contributed by atoms with van der Waals surface area (Å²) in [5.41, 5.74) is 0.558. The van der Waals surface area contributed by atoms with Gasteiger partial charge in [0.05, 0.1) is 15.6 Å². The Hall–Kier alpha value is -1.10. The third-order valence-corrected chi connectivity index (χ3v) is 10.2. The molecule has 0 spiro atoms. The van der Waals surface area contributed by atoms with Crippen molar-refractivity contribution >= 4 is 50.6 Å². The molecule has 0 bridgehead atoms. The molecule has 0 unspecified atom stereocenters. The second kappa shape index (κ2) is 8.33. The zero-order chi connectivity index (χ0) is 19.7. The van der Waals surface area contributed by atoms with E-state index in [1.807, 2.05) is 0 Å². The number of nitrogens with one attached hydrogen (secondary N) is 1. The first-order valence-corrected chi connectivity index (χ1v) is 13.1. The lowest BCUT2D eigenvalue weighted by Crippen LogP contribution is -2.46. The highest BCUT2D eigenvalue weighted by Crippen LogP contribution is 2.44. The number of carbonyl (C=O) groups is 2. The first-order chi connectivity index (χ1) is 13.4. The second-order valence-corrected chi connectivity index (χ2v) is 12.0. The minimum absolute atomic E-state index is 0.0527. The van der Waals surface area contributed by atoms with Crippen LogP contribution in [0.4, 0.5) is 5.69 Å². The van der Waals surface area contributed by atoms with Crippen LogP contribution < -0.4 is 10.2 Å². The lowest BCUT2D eigenvalue weighted by atomic mass is 9.95. The van der Waals surface area contributed by atoms with Gasteiger partial charge in [0.1, 0.15) is 10.8 Å². The predicted molar refractivity (Wildman–Crippen MR) is 110 cm³/mol. The quantitative estimate of drug-likeness (QED) is 0.755. The maximum atomic E-state index is 12.9. The van der Waals surface area contributed by atoms with Crippen molar-refractivity contribution in [2.24, 2.45) is 0 Å². The Balaban J connectivity index is 1.51. The van der Waals surface area contributed by atoms with Gasteiger partial charge < -0.3 is 10.2 Å². The normalized spacial score (nSPS) is 21.7. The van der Waals surface area contributed by atoms with Gasteiger partial charge in [-0.25, -0.2) is 8.42 Å². The predicted octanol–water partition coefficient (Wildman–Crippen LogP) is 2.42. The Labute approximate surface area is 173 Å². The van der Waals surface area contributed by atoms with E-state index in [-0.39, 0.29) is 34.4 Å². The van der Waals surface area contributed by atoms with Gasteiger partial charge >= 0.3 is 0 Å². The molecule has 1 N–H and O–H groups in total. The summed E-state index contributed by atoms with van der Waals surface area (Å²) in [6, 6.07) is 1.76. The van der Waals surface area contributed by atoms with Crippen LogP contribution in [0, 0.1) is 0 Å². The maximum absolute atomic E-state index is 12.9. The van der Waals surface area contributed by atoms with E-state index in [1.165, 1.54) is 38.7 Å². The Bertz CT molecular complexity index is 855. The second-order valence-electron chi connectivity index (χ2n) is 7.52. The summed E-state index contributed by atoms with van der Waals surface area (Å²) in [5.74, 6) is -0.0968. The Morgan fingerprint density at radius 1 is 1.14 bits per heavy atom. The molecular formula is C18H25N3O4S3. The van der Waals surface area contributed by atoms with E-state index in [4.69, 9.17) is 0 Å². The van der Waals surface area contributed by atoms with Crippen LogP contribution in [0.3, 0.4) is 0 Å². The highest BCUT2D eigenvalue weighted by molar-refractivity contribution is 8.02. The molecule has 1 saturated carbocycles. The number of hydrogen-bond donors (Lipinski definition) is 1. The summed E-state index contributed by atoms with van der Waals surface area (Å²) in [6.45, 7) is 1.04. The molecule has 3 heterocycles. The summed E-state index contributed by atoms with van der Waals surface area (Å²) in [6.07, 6.45) is 7.18. The van der Waals surface area contributed by atoms with Crippen molar-refractivity contribution in [1.29, 1.82) is 0 Å². The Morgan fingerprint density at radius 2 is 1.86 bits per heavy atom. The lowest BCUT2D eigenvalue weighted by molar-refractivity contribution is -0.123. The Morgan fingerprint density at radius 3 is 2.57 bits per heavy atom. The fourth-order valence-corrected chi connectivity index (χ4v) is 8.43. The molecule has 0 atom stereocenters. The number of hydrogen-bond acceptors (Lipinski definition) is 6. The molecule has 7 nitrogen and oxygen atoms in total. The van der Waals surface area contributed by atoms with Crippen LogP contribution in [0.15, 0.2) is 14.5 Å². The lowest BCUT2D eigenvalue weighted by Gasteiger charge is -2.28. The summed E-state index contributed by atoms with van der Waals surface area (Å²) < 4.78 is 28.3. The Kier molecular flexibility index (Phi) is 6.01. The molecule has 3 aliphatic rings. The van der Waals surface area contributed by atoms with Crippen LogP contribution in [-0.4, -0.2) is 56.0 Å². The summed E-state index contributed by atoms with van der Waals surface area (Å²) in [4.78, 5) is 26.4. The number of nitrogens with zero attached hydrogens (tertiary/aromatic N) is 2. The van der Waals surface area contributed by atoms with Crippen LogP contribution in [0.2, 0.25) is 0 Å². The zero-order valence-electron chi connectivity index (χ0n) is 15.7. The molecular weight excluding hydrogens is 418 g/mol. The maximum Gasteiger partial charge on any atom is 0.252 e. The van der Waals surface area contributed by atoms with Gasteiger partial charge in [-0.15, -0.1) is 23.1 Å². The van der Waals surface area contributed by atoms with Crippen molar-refractivity contribution in [2.45, 2.75) is 59.4 Å². The monoisotopic (exact) mass is 443 g/mol. The number of rotatable bonds is 5. The fraction of sp³-hybridized carbons (Fsp3) is 0.667. The topological polar surface area (TPSA) is 86.8 Å². The van der Waals surface area contributed by atoms with Crippen LogP contribution in [0.1, 0.15) is 44.9 Å². The van der Waals surface area contributed by atoms with E-state index in [1.54, 1.807) is 6.07 Å². The van der Waals surface area contributed by atoms with Gasteiger partial charge in [-0.3, -0.25) is 9.59 Å². The van der Waals surface area contributed by atoms with E-state index in [0.29, 0.717) is 18.8 Å². The number of thioether (sulfide) groups is 1. The molecule has 2 amide bonds. The third-order valence-electron chi connectivity index (χ3n) is 5.51. The average Bonchev–Trinajstić information content (AvgIpc) is 3.35. The highest BCUT2D eigenvalue weighted by Gasteiger charge is 2.34. The van der Waals surface area contributed by atoms with E-state index < -0.39 is 10.0 Å². The molecule has 1 saturated heterocycles. The molecule has 2 fully saturated rings. The smallest absolute Gasteiger partial charge is 0.252 e. The number of sulfonamides is 1. The van der Waals surface area contributed by atoms with Crippen LogP contribution >= 0.6 is 23.1 Å². The van der Waals surface area contributed by atoms with Gasteiger partial charge in [0.2, 0.25) is 11.8 Å². The number of amides is 2. The van der Waals surface area contributed by atoms with Crippen molar-refractivity contribution in [2.75, 3.05) is 30.3 Å². The average molecular weight is 444 g/mol. The van der Waals surface area contributed by atoms with E-state index in [0.717, 1.165) is 42.7 Å². The van der Waals surface area contributed by atoms with Gasteiger partial charge in [0.25, 0.3) is 10.0 Å². The number of anilines is 1. The summed E-state index contributed by atoms with van der Waals surface area (Å²) in [7, 11) is -3.52. The summed E-state index contributed by atoms with van der Waals surface area (Å²) in [5, 5.41) is 3.04. The van der Waals surface area contributed by atoms with Gasteiger partial charge in [-0.2, -0.15) is 4.31 Å². The summed E-state index contributed by atoms with van der Waals surface area (Å²) >= 11 is 2.56. The van der Waals surface area contributed by atoms with Crippen molar-refractivity contribution < 1.29 is 18.0 Å². The van der Waals surface area contributed by atoms with Crippen molar-refractivity contribution in [1.82, 2.24) is 9.62 Å². The SMILES string of the molecule is O=C(CN1C(=O)CSc2sc(S(=O)(=O)N3CCCC3)cc21)NC1CCCCC1. The molecule has 154 valence electrons. The fourth-order valence-electron chi connectivity index (χ4n) is 3.99.